The third-order valence-corrected chi connectivity index (χ3v) is 9.78. The quantitative estimate of drug-likeness (QED) is 0.127. The van der Waals surface area contributed by atoms with E-state index in [1.54, 1.807) is 26.0 Å². The maximum absolute atomic E-state index is 13.3. The third kappa shape index (κ3) is 7.65. The van der Waals surface area contributed by atoms with E-state index >= 15 is 0 Å². The summed E-state index contributed by atoms with van der Waals surface area (Å²) >= 11 is -0.862. The van der Waals surface area contributed by atoms with Crippen LogP contribution in [0.5, 0.6) is 5.75 Å². The fourth-order valence-corrected chi connectivity index (χ4v) is 6.90. The summed E-state index contributed by atoms with van der Waals surface area (Å²) in [5, 5.41) is 0. The number of esters is 2. The molecule has 0 spiro atoms. The predicted octanol–water partition coefficient (Wildman–Crippen LogP) is 4.99. The Bertz CT molecular complexity index is 1370. The SMILES string of the molecule is CC1(C)OC(=O)C(=ICCOc2ccc(CCN3CCC(N(C(=O)c4ccco4)c4ccccc4)CC3)cc2)C(=O)O1. The van der Waals surface area contributed by atoms with E-state index < -0.39 is 38.5 Å². The van der Waals surface area contributed by atoms with Crippen molar-refractivity contribution in [3.05, 3.63) is 84.3 Å². The molecule has 0 aliphatic carbocycles. The summed E-state index contributed by atoms with van der Waals surface area (Å²) in [7, 11) is 0. The molecule has 10 heteroatoms. The van der Waals surface area contributed by atoms with Crippen molar-refractivity contribution in [1.29, 1.82) is 0 Å². The molecule has 0 N–H and O–H groups in total. The average molecular weight is 687 g/mol. The minimum Gasteiger partial charge on any atom is -0.493 e. The summed E-state index contributed by atoms with van der Waals surface area (Å²) in [6, 6.07) is 21.4. The van der Waals surface area contributed by atoms with Crippen LogP contribution < -0.4 is 9.64 Å². The fraction of sp³-hybridized carbons (Fsp3) is 0.375. The van der Waals surface area contributed by atoms with Gasteiger partial charge < -0.3 is 28.4 Å². The average Bonchev–Trinajstić information content (AvgIpc) is 3.52. The fourth-order valence-electron chi connectivity index (χ4n) is 5.08. The number of cyclic esters (lactones) is 2. The van der Waals surface area contributed by atoms with Crippen molar-refractivity contribution in [2.45, 2.75) is 44.9 Å². The number of piperidine rings is 1. The van der Waals surface area contributed by atoms with E-state index in [1.807, 2.05) is 47.4 Å². The Morgan fingerprint density at radius 3 is 2.31 bits per heavy atom. The van der Waals surface area contributed by atoms with Crippen LogP contribution in [-0.2, 0) is 25.5 Å². The lowest BCUT2D eigenvalue weighted by molar-refractivity contribution is -0.214. The topological polar surface area (TPSA) is 98.5 Å². The molecule has 3 heterocycles. The van der Waals surface area contributed by atoms with Gasteiger partial charge in [-0.2, -0.15) is 0 Å². The maximum atomic E-state index is 13.3. The van der Waals surface area contributed by atoms with Gasteiger partial charge in [0.25, 0.3) is 11.7 Å². The molecule has 1 amide bonds. The Labute approximate surface area is 255 Å². The molecule has 0 unspecified atom stereocenters. The summed E-state index contributed by atoms with van der Waals surface area (Å²) in [5.74, 6) is -1.35. The van der Waals surface area contributed by atoms with E-state index in [0.717, 1.165) is 50.3 Å². The molecule has 0 atom stereocenters. The number of para-hydroxylation sites is 1. The van der Waals surface area contributed by atoms with E-state index in [4.69, 9.17) is 18.6 Å². The Morgan fingerprint density at radius 2 is 1.67 bits per heavy atom. The first-order valence-electron chi connectivity index (χ1n) is 14.1. The summed E-state index contributed by atoms with van der Waals surface area (Å²) in [6.07, 6.45) is 4.24. The number of hydrogen-bond acceptors (Lipinski definition) is 8. The van der Waals surface area contributed by atoms with E-state index in [2.05, 4.69) is 17.0 Å². The first kappa shape index (κ1) is 30.0. The summed E-state index contributed by atoms with van der Waals surface area (Å²) < 4.78 is 22.3. The van der Waals surface area contributed by atoms with Gasteiger partial charge >= 0.3 is 11.9 Å². The van der Waals surface area contributed by atoms with Gasteiger partial charge in [0.2, 0.25) is 0 Å². The third-order valence-electron chi connectivity index (χ3n) is 7.16. The van der Waals surface area contributed by atoms with Crippen LogP contribution >= 0.6 is 20.7 Å². The van der Waals surface area contributed by atoms with Gasteiger partial charge in [-0.25, -0.2) is 9.59 Å². The smallest absolute Gasteiger partial charge is 0.354 e. The van der Waals surface area contributed by atoms with Crippen LogP contribution in [0.4, 0.5) is 5.69 Å². The molecule has 0 saturated carbocycles. The number of carbonyl (C=O) groups excluding carboxylic acids is 3. The molecule has 2 aliphatic heterocycles. The Kier molecular flexibility index (Phi) is 9.73. The maximum Gasteiger partial charge on any atom is 0.354 e. The Balaban J connectivity index is 1.07. The molecule has 2 saturated heterocycles. The highest BCUT2D eigenvalue weighted by Gasteiger charge is 2.39. The highest BCUT2D eigenvalue weighted by molar-refractivity contribution is 14.2. The second-order valence-electron chi connectivity index (χ2n) is 10.6. The van der Waals surface area contributed by atoms with Crippen molar-refractivity contribution < 1.29 is 33.0 Å². The number of benzene rings is 2. The number of ether oxygens (including phenoxy) is 3. The standard InChI is InChI=1S/C32H35IN2O7/c1-32(2)41-30(37)28(31(38)42-32)33-17-22-39-26-12-10-23(11-13-26)14-18-34-19-15-25(16-20-34)35(24-7-4-3-5-8-24)29(36)27-9-6-21-40-27/h3-13,21,25H,14-20,22H2,1-2H3. The number of halogens is 1. The number of furan rings is 1. The number of nitrogens with zero attached hydrogens (tertiary/aromatic N) is 2. The molecule has 42 heavy (non-hydrogen) atoms. The first-order valence-corrected chi connectivity index (χ1v) is 16.7. The van der Waals surface area contributed by atoms with Crippen LogP contribution in [0.15, 0.2) is 77.4 Å². The number of alkyl halides is 1. The van der Waals surface area contributed by atoms with Crippen molar-refractivity contribution in [3.63, 3.8) is 0 Å². The minimum absolute atomic E-state index is 0.101. The van der Waals surface area contributed by atoms with Gasteiger partial charge in [0.15, 0.2) is 9.27 Å². The van der Waals surface area contributed by atoms with Gasteiger partial charge in [-0.1, -0.05) is 51.1 Å². The van der Waals surface area contributed by atoms with Crippen LogP contribution in [0.1, 0.15) is 42.8 Å². The minimum atomic E-state index is -1.21. The molecular formula is C32H35IN2O7. The van der Waals surface area contributed by atoms with Crippen LogP contribution in [0, 0.1) is 0 Å². The van der Waals surface area contributed by atoms with Gasteiger partial charge in [-0.05, 0) is 61.2 Å². The Morgan fingerprint density at radius 1 is 0.976 bits per heavy atom. The van der Waals surface area contributed by atoms with E-state index in [0.29, 0.717) is 16.8 Å². The zero-order valence-corrected chi connectivity index (χ0v) is 26.0. The van der Waals surface area contributed by atoms with Crippen molar-refractivity contribution in [2.75, 3.05) is 35.6 Å². The van der Waals surface area contributed by atoms with Crippen LogP contribution in [0.25, 0.3) is 0 Å². The molecule has 3 aromatic rings. The van der Waals surface area contributed by atoms with Crippen LogP contribution in [-0.4, -0.2) is 68.8 Å². The molecule has 2 fully saturated rings. The predicted molar refractivity (Wildman–Crippen MR) is 167 cm³/mol. The van der Waals surface area contributed by atoms with Gasteiger partial charge in [-0.15, -0.1) is 0 Å². The first-order chi connectivity index (χ1) is 20.3. The molecule has 5 rings (SSSR count). The highest BCUT2D eigenvalue weighted by Crippen LogP contribution is 2.26. The lowest BCUT2D eigenvalue weighted by atomic mass is 10.0. The largest absolute Gasteiger partial charge is 0.493 e. The second-order valence-corrected chi connectivity index (χ2v) is 13.5. The molecule has 1 aromatic heterocycles. The summed E-state index contributed by atoms with van der Waals surface area (Å²) in [5.41, 5.74) is 2.12. The van der Waals surface area contributed by atoms with Gasteiger partial charge in [-0.3, -0.25) is 4.79 Å². The van der Waals surface area contributed by atoms with Crippen molar-refractivity contribution in [3.8, 4) is 5.75 Å². The number of likely N-dealkylation sites (tertiary alicyclic amines) is 1. The van der Waals surface area contributed by atoms with Gasteiger partial charge in [0, 0.05) is 49.6 Å². The molecule has 222 valence electrons. The normalized spacial score (nSPS) is 17.4. The van der Waals surface area contributed by atoms with E-state index in [-0.39, 0.29) is 15.5 Å². The summed E-state index contributed by atoms with van der Waals surface area (Å²) in [4.78, 5) is 41.8. The molecular weight excluding hydrogens is 651 g/mol. The van der Waals surface area contributed by atoms with Gasteiger partial charge in [0.1, 0.15) is 5.75 Å². The number of amides is 1. The molecule has 0 bridgehead atoms. The van der Waals surface area contributed by atoms with Crippen molar-refractivity contribution in [1.82, 2.24) is 4.90 Å². The Hall–Kier alpha value is -3.51. The van der Waals surface area contributed by atoms with E-state index in [1.165, 1.54) is 11.8 Å². The van der Waals surface area contributed by atoms with Gasteiger partial charge in [0.05, 0.1) is 12.9 Å². The van der Waals surface area contributed by atoms with Crippen molar-refractivity contribution in [2.24, 2.45) is 0 Å². The molecule has 0 radical (unpaired) electrons. The monoisotopic (exact) mass is 686 g/mol. The summed E-state index contributed by atoms with van der Waals surface area (Å²) in [6.45, 7) is 6.28. The second kappa shape index (κ2) is 13.6. The van der Waals surface area contributed by atoms with Crippen LogP contribution in [0.2, 0.25) is 0 Å². The zero-order chi connectivity index (χ0) is 29.5. The highest BCUT2D eigenvalue weighted by atomic mass is 127. The molecule has 2 aromatic carbocycles. The number of carbonyl (C=O) groups is 3. The van der Waals surface area contributed by atoms with Crippen LogP contribution in [0.3, 0.4) is 0 Å². The number of rotatable bonds is 10. The number of hydrogen-bond donors (Lipinski definition) is 0. The lowest BCUT2D eigenvalue weighted by Gasteiger charge is -2.38. The lowest BCUT2D eigenvalue weighted by Crippen LogP contribution is -2.48. The van der Waals surface area contributed by atoms with E-state index in [9.17, 15) is 14.4 Å². The number of anilines is 1. The zero-order valence-electron chi connectivity index (χ0n) is 23.8. The molecule has 2 aliphatic rings. The van der Waals surface area contributed by atoms with Crippen molar-refractivity contribution >= 4 is 47.8 Å². The molecule has 9 nitrogen and oxygen atoms in total.